The van der Waals surface area contributed by atoms with E-state index in [0.717, 1.165) is 26.9 Å². The maximum absolute atomic E-state index is 10.4. The topological polar surface area (TPSA) is 44.6 Å². The summed E-state index contributed by atoms with van der Waals surface area (Å²) in [6, 6.07) is 20.7. The Morgan fingerprint density at radius 2 is 1.61 bits per heavy atom. The smallest absolute Gasteiger partial charge is 0.126 e. The summed E-state index contributed by atoms with van der Waals surface area (Å²) in [5.41, 5.74) is 3.78. The summed E-state index contributed by atoms with van der Waals surface area (Å²) in [6.07, 6.45) is 0.382. The molecule has 3 aromatic rings. The highest BCUT2D eigenvalue weighted by atomic mass is 79.9. The number of hydrogen-bond donors (Lipinski definition) is 2. The molecule has 3 aromatic carbocycles. The molecule has 2 atom stereocenters. The van der Waals surface area contributed by atoms with E-state index in [9.17, 15) is 5.11 Å². The van der Waals surface area contributed by atoms with Crippen molar-refractivity contribution in [1.82, 2.24) is 5.32 Å². The number of aromatic hydroxyl groups is 1. The highest BCUT2D eigenvalue weighted by molar-refractivity contribution is 9.10. The molecule has 4 rings (SSSR count). The Hall–Kier alpha value is -1.85. The summed E-state index contributed by atoms with van der Waals surface area (Å²) in [7, 11) is 0. The normalized spacial score (nSPS) is 19.3. The number of nitrogens with zero attached hydrogens (tertiary/aromatic N) is 1. The van der Waals surface area contributed by atoms with E-state index in [1.165, 1.54) is 0 Å². The third-order valence-electron chi connectivity index (χ3n) is 4.77. The molecule has 1 aliphatic heterocycles. The van der Waals surface area contributed by atoms with Crippen LogP contribution in [0.15, 0.2) is 76.2 Å². The molecule has 0 spiro atoms. The number of halogens is 3. The van der Waals surface area contributed by atoms with E-state index in [1.807, 2.05) is 48.5 Å². The monoisotopic (exact) mass is 474 g/mol. The zero-order valence-corrected chi connectivity index (χ0v) is 17.8. The average molecular weight is 476 g/mol. The molecule has 2 N–H and O–H groups in total. The molecule has 0 aromatic heterocycles. The van der Waals surface area contributed by atoms with Crippen molar-refractivity contribution in [2.45, 2.75) is 18.6 Å². The lowest BCUT2D eigenvalue weighted by atomic mass is 9.93. The van der Waals surface area contributed by atoms with Crippen molar-refractivity contribution in [1.29, 1.82) is 0 Å². The van der Waals surface area contributed by atoms with Crippen LogP contribution in [-0.4, -0.2) is 10.8 Å². The summed E-state index contributed by atoms with van der Waals surface area (Å²) in [4.78, 5) is 4.94. The predicted molar refractivity (Wildman–Crippen MR) is 118 cm³/mol. The van der Waals surface area contributed by atoms with Crippen molar-refractivity contribution in [3.63, 3.8) is 0 Å². The zero-order chi connectivity index (χ0) is 19.7. The van der Waals surface area contributed by atoms with Gasteiger partial charge in [-0.2, -0.15) is 0 Å². The molecule has 0 fully saturated rings. The minimum Gasteiger partial charge on any atom is -0.508 e. The van der Waals surface area contributed by atoms with Gasteiger partial charge < -0.3 is 5.11 Å². The van der Waals surface area contributed by atoms with Gasteiger partial charge in [-0.15, -0.1) is 0 Å². The van der Waals surface area contributed by atoms with Crippen LogP contribution in [-0.2, 0) is 0 Å². The maximum atomic E-state index is 10.4. The van der Waals surface area contributed by atoms with E-state index in [-0.39, 0.29) is 18.0 Å². The van der Waals surface area contributed by atoms with E-state index in [2.05, 4.69) is 21.2 Å². The second kappa shape index (κ2) is 8.26. The fraction of sp³-hybridized carbons (Fsp3) is 0.136. The molecule has 0 saturated carbocycles. The molecular weight excluding hydrogens is 459 g/mol. The summed E-state index contributed by atoms with van der Waals surface area (Å²) < 4.78 is 1.02. The number of phenolic OH excluding ortho intramolecular Hbond substituents is 1. The molecule has 0 amide bonds. The van der Waals surface area contributed by atoms with E-state index >= 15 is 0 Å². The summed E-state index contributed by atoms with van der Waals surface area (Å²) in [5, 5.41) is 15.2. The largest absolute Gasteiger partial charge is 0.508 e. The van der Waals surface area contributed by atoms with Gasteiger partial charge in [0.25, 0.3) is 0 Å². The van der Waals surface area contributed by atoms with Crippen LogP contribution in [0, 0.1) is 0 Å². The molecule has 142 valence electrons. The van der Waals surface area contributed by atoms with E-state index in [0.29, 0.717) is 16.5 Å². The van der Waals surface area contributed by atoms with Gasteiger partial charge >= 0.3 is 0 Å². The van der Waals surface area contributed by atoms with Gasteiger partial charge in [0.15, 0.2) is 0 Å². The molecule has 1 heterocycles. The second-order valence-corrected chi connectivity index (χ2v) is 8.45. The first-order valence-corrected chi connectivity index (χ1v) is 10.4. The van der Waals surface area contributed by atoms with Gasteiger partial charge in [0.2, 0.25) is 0 Å². The average Bonchev–Trinajstić information content (AvgIpc) is 2.70. The van der Waals surface area contributed by atoms with Crippen LogP contribution in [0.4, 0.5) is 0 Å². The van der Waals surface area contributed by atoms with Crippen molar-refractivity contribution in [3.8, 4) is 5.75 Å². The quantitative estimate of drug-likeness (QED) is 0.443. The van der Waals surface area contributed by atoms with Crippen molar-refractivity contribution in [2.24, 2.45) is 4.99 Å². The fourth-order valence-electron chi connectivity index (χ4n) is 3.34. The van der Waals surface area contributed by atoms with Gasteiger partial charge in [0, 0.05) is 38.3 Å². The highest BCUT2D eigenvalue weighted by Gasteiger charge is 2.27. The molecule has 0 saturated heterocycles. The number of aliphatic imine (C=N–C) groups is 1. The van der Waals surface area contributed by atoms with E-state index < -0.39 is 0 Å². The molecule has 0 bridgehead atoms. The van der Waals surface area contributed by atoms with Gasteiger partial charge in [-0.05, 0) is 53.6 Å². The third kappa shape index (κ3) is 4.26. The summed E-state index contributed by atoms with van der Waals surface area (Å²) in [5.74, 6) is 0.216. The van der Waals surface area contributed by atoms with Crippen molar-refractivity contribution < 1.29 is 5.11 Å². The minimum absolute atomic E-state index is 0.129. The molecular formula is C22H17BrCl2N2O. The van der Waals surface area contributed by atoms with Gasteiger partial charge in [0.05, 0.1) is 0 Å². The molecule has 28 heavy (non-hydrogen) atoms. The summed E-state index contributed by atoms with van der Waals surface area (Å²) >= 11 is 15.7. The number of hydrogen-bond acceptors (Lipinski definition) is 3. The molecule has 0 aliphatic carbocycles. The van der Waals surface area contributed by atoms with Crippen LogP contribution in [0.3, 0.4) is 0 Å². The molecule has 0 radical (unpaired) electrons. The van der Waals surface area contributed by atoms with E-state index in [4.69, 9.17) is 28.2 Å². The first-order valence-electron chi connectivity index (χ1n) is 8.82. The van der Waals surface area contributed by atoms with Crippen molar-refractivity contribution >= 4 is 44.8 Å². The Kier molecular flexibility index (Phi) is 5.74. The standard InChI is InChI=1S/C22H17BrCl2N2O/c23-15-5-1-13(2-6-15)19-12-20(18-11-17(25)9-10-21(18)28)27-22(26-19)14-3-7-16(24)8-4-14/h1-11,20,22,27-28H,12H2/t20-,22-/m0/s1. The number of benzene rings is 3. The molecule has 3 nitrogen and oxygen atoms in total. The SMILES string of the molecule is Oc1ccc(Cl)cc1[C@@H]1CC(c2ccc(Br)cc2)=N[C@H](c2ccc(Cl)cc2)N1. The highest BCUT2D eigenvalue weighted by Crippen LogP contribution is 2.36. The Balaban J connectivity index is 1.76. The number of phenols is 1. The van der Waals surface area contributed by atoms with Crippen LogP contribution in [0.5, 0.6) is 5.75 Å². The summed E-state index contributed by atoms with van der Waals surface area (Å²) in [6.45, 7) is 0. The van der Waals surface area contributed by atoms with Crippen LogP contribution >= 0.6 is 39.1 Å². The molecule has 0 unspecified atom stereocenters. The maximum Gasteiger partial charge on any atom is 0.126 e. The first kappa shape index (κ1) is 19.5. The van der Waals surface area contributed by atoms with Gasteiger partial charge in [-0.3, -0.25) is 10.3 Å². The molecule has 6 heteroatoms. The zero-order valence-electron chi connectivity index (χ0n) is 14.7. The third-order valence-corrected chi connectivity index (χ3v) is 5.79. The van der Waals surface area contributed by atoms with Gasteiger partial charge in [-0.1, -0.05) is 63.4 Å². The Morgan fingerprint density at radius 1 is 0.929 bits per heavy atom. The van der Waals surface area contributed by atoms with Crippen molar-refractivity contribution in [2.75, 3.05) is 0 Å². The van der Waals surface area contributed by atoms with Crippen molar-refractivity contribution in [3.05, 3.63) is 97.9 Å². The Morgan fingerprint density at radius 3 is 2.32 bits per heavy atom. The number of nitrogens with one attached hydrogen (secondary N) is 1. The minimum atomic E-state index is -0.256. The van der Waals surface area contributed by atoms with Crippen LogP contribution in [0.2, 0.25) is 10.0 Å². The second-order valence-electron chi connectivity index (χ2n) is 6.66. The molecule has 1 aliphatic rings. The van der Waals surface area contributed by atoms with Gasteiger partial charge in [-0.25, -0.2) is 0 Å². The Bertz CT molecular complexity index is 1020. The fourth-order valence-corrected chi connectivity index (χ4v) is 3.91. The Labute approximate surface area is 182 Å². The predicted octanol–water partition coefficient (Wildman–Crippen LogP) is 6.68. The van der Waals surface area contributed by atoms with Crippen LogP contribution in [0.25, 0.3) is 0 Å². The van der Waals surface area contributed by atoms with Crippen LogP contribution in [0.1, 0.15) is 35.3 Å². The lowest BCUT2D eigenvalue weighted by Crippen LogP contribution is -2.33. The first-order chi connectivity index (χ1) is 13.5. The van der Waals surface area contributed by atoms with E-state index in [1.54, 1.807) is 18.2 Å². The lowest BCUT2D eigenvalue weighted by molar-refractivity contribution is 0.413. The number of rotatable bonds is 3. The lowest BCUT2D eigenvalue weighted by Gasteiger charge is -2.31. The van der Waals surface area contributed by atoms with Gasteiger partial charge in [0.1, 0.15) is 11.9 Å². The van der Waals surface area contributed by atoms with Crippen LogP contribution < -0.4 is 5.32 Å².